The molecule has 1 aromatic carbocycles. The highest BCUT2D eigenvalue weighted by atomic mass is 79.9. The molecular weight excluding hydrogens is 316 g/mol. The lowest BCUT2D eigenvalue weighted by Crippen LogP contribution is -2.35. The first-order chi connectivity index (χ1) is 8.30. The molecule has 1 atom stereocenters. The number of sulfonamides is 1. The topological polar surface area (TPSA) is 61.2 Å². The Labute approximate surface area is 116 Å². The lowest BCUT2D eigenvalue weighted by molar-refractivity contribution is 0.393. The molecule has 6 heteroatoms. The first kappa shape index (κ1) is 15.2. The van der Waals surface area contributed by atoms with Crippen LogP contribution in [0.15, 0.2) is 27.6 Å². The van der Waals surface area contributed by atoms with Crippen LogP contribution in [0.4, 0.5) is 0 Å². The van der Waals surface area contributed by atoms with E-state index in [0.29, 0.717) is 5.56 Å². The molecule has 0 heterocycles. The number of nitrogens with zero attached hydrogens (tertiary/aromatic N) is 2. The van der Waals surface area contributed by atoms with Crippen molar-refractivity contribution in [3.8, 4) is 6.07 Å². The Morgan fingerprint density at radius 3 is 2.61 bits per heavy atom. The quantitative estimate of drug-likeness (QED) is 0.852. The van der Waals surface area contributed by atoms with Crippen molar-refractivity contribution in [3.05, 3.63) is 28.2 Å². The molecule has 0 aromatic heterocycles. The minimum Gasteiger partial charge on any atom is -0.207 e. The van der Waals surface area contributed by atoms with Crippen LogP contribution in [0, 0.1) is 18.3 Å². The van der Waals surface area contributed by atoms with Gasteiger partial charge in [0.25, 0.3) is 0 Å². The van der Waals surface area contributed by atoms with Gasteiger partial charge in [0.05, 0.1) is 17.4 Å². The van der Waals surface area contributed by atoms with E-state index in [4.69, 9.17) is 5.26 Å². The van der Waals surface area contributed by atoms with Crippen molar-refractivity contribution in [1.82, 2.24) is 4.31 Å². The molecule has 0 aliphatic heterocycles. The largest absolute Gasteiger partial charge is 0.243 e. The Balaban J connectivity index is 3.18. The van der Waals surface area contributed by atoms with Crippen LogP contribution in [0.2, 0.25) is 0 Å². The highest BCUT2D eigenvalue weighted by molar-refractivity contribution is 9.10. The van der Waals surface area contributed by atoms with E-state index in [2.05, 4.69) is 15.9 Å². The van der Waals surface area contributed by atoms with Gasteiger partial charge in [-0.05, 0) is 37.6 Å². The van der Waals surface area contributed by atoms with E-state index in [1.807, 2.05) is 6.07 Å². The van der Waals surface area contributed by atoms with Gasteiger partial charge in [-0.1, -0.05) is 15.9 Å². The molecule has 1 rings (SSSR count). The molecule has 0 fully saturated rings. The second-order valence-corrected chi connectivity index (χ2v) is 7.02. The van der Waals surface area contributed by atoms with Crippen molar-refractivity contribution in [2.45, 2.75) is 31.2 Å². The molecule has 98 valence electrons. The van der Waals surface area contributed by atoms with Crippen LogP contribution in [0.5, 0.6) is 0 Å². The number of benzene rings is 1. The van der Waals surface area contributed by atoms with Gasteiger partial charge < -0.3 is 0 Å². The molecule has 0 bridgehead atoms. The summed E-state index contributed by atoms with van der Waals surface area (Å²) in [6.45, 7) is 3.47. The summed E-state index contributed by atoms with van der Waals surface area (Å²) >= 11 is 3.30. The second-order valence-electron chi connectivity index (χ2n) is 4.14. The van der Waals surface area contributed by atoms with Crippen molar-refractivity contribution < 1.29 is 8.42 Å². The van der Waals surface area contributed by atoms with Gasteiger partial charge in [0, 0.05) is 17.6 Å². The maximum atomic E-state index is 12.4. The molecule has 0 aliphatic rings. The number of halogens is 1. The molecule has 0 radical (unpaired) electrons. The zero-order chi connectivity index (χ0) is 13.9. The van der Waals surface area contributed by atoms with Gasteiger partial charge in [-0.2, -0.15) is 9.57 Å². The molecule has 4 nitrogen and oxygen atoms in total. The van der Waals surface area contributed by atoms with Crippen LogP contribution in [-0.2, 0) is 10.0 Å². The number of hydrogen-bond acceptors (Lipinski definition) is 3. The van der Waals surface area contributed by atoms with Gasteiger partial charge in [-0.25, -0.2) is 8.42 Å². The normalized spacial score (nSPS) is 13.3. The van der Waals surface area contributed by atoms with Crippen molar-refractivity contribution in [2.24, 2.45) is 0 Å². The van der Waals surface area contributed by atoms with Gasteiger partial charge in [-0.15, -0.1) is 0 Å². The predicted octanol–water partition coefficient (Wildman–Crippen LogP) is 2.68. The SMILES string of the molecule is Cc1cc(Br)ccc1S(=O)(=O)N(C)C(C)CC#N. The number of hydrogen-bond donors (Lipinski definition) is 0. The third-order valence-electron chi connectivity index (χ3n) is 2.80. The summed E-state index contributed by atoms with van der Waals surface area (Å²) in [5.41, 5.74) is 0.681. The van der Waals surface area contributed by atoms with Crippen LogP contribution in [-0.4, -0.2) is 25.8 Å². The molecule has 0 amide bonds. The van der Waals surface area contributed by atoms with Gasteiger partial charge in [0.2, 0.25) is 10.0 Å². The number of rotatable bonds is 4. The first-order valence-corrected chi connectivity index (χ1v) is 7.65. The molecule has 1 unspecified atom stereocenters. The molecule has 0 saturated carbocycles. The molecule has 0 saturated heterocycles. The van der Waals surface area contributed by atoms with E-state index in [1.165, 1.54) is 11.4 Å². The Bertz CT molecular complexity index is 578. The number of nitriles is 1. The monoisotopic (exact) mass is 330 g/mol. The molecule has 0 aliphatic carbocycles. The second kappa shape index (κ2) is 5.83. The summed E-state index contributed by atoms with van der Waals surface area (Å²) in [5.74, 6) is 0. The van der Waals surface area contributed by atoms with Gasteiger partial charge in [0.1, 0.15) is 0 Å². The Morgan fingerprint density at radius 2 is 2.11 bits per heavy atom. The Morgan fingerprint density at radius 1 is 1.50 bits per heavy atom. The zero-order valence-electron chi connectivity index (χ0n) is 10.5. The highest BCUT2D eigenvalue weighted by Crippen LogP contribution is 2.24. The third-order valence-corrected chi connectivity index (χ3v) is 5.43. The summed E-state index contributed by atoms with van der Waals surface area (Å²) in [6.07, 6.45) is 0.172. The van der Waals surface area contributed by atoms with Crippen molar-refractivity contribution in [2.75, 3.05) is 7.05 Å². The van der Waals surface area contributed by atoms with Crippen LogP contribution < -0.4 is 0 Å². The lowest BCUT2D eigenvalue weighted by atomic mass is 10.2. The summed E-state index contributed by atoms with van der Waals surface area (Å²) in [4.78, 5) is 0.276. The average molecular weight is 331 g/mol. The summed E-state index contributed by atoms with van der Waals surface area (Å²) < 4.78 is 26.8. The summed E-state index contributed by atoms with van der Waals surface area (Å²) in [7, 11) is -2.05. The smallest absolute Gasteiger partial charge is 0.207 e. The predicted molar refractivity (Wildman–Crippen MR) is 73.5 cm³/mol. The molecule has 1 aromatic rings. The van der Waals surface area contributed by atoms with Gasteiger partial charge >= 0.3 is 0 Å². The van der Waals surface area contributed by atoms with Crippen LogP contribution in [0.25, 0.3) is 0 Å². The summed E-state index contributed by atoms with van der Waals surface area (Å²) in [6, 6.07) is 6.67. The minimum absolute atomic E-state index is 0.172. The van der Waals surface area contributed by atoms with Crippen LogP contribution in [0.1, 0.15) is 18.9 Å². The standard InChI is InChI=1S/C12H15BrN2O2S/c1-9-8-11(13)4-5-12(9)18(16,17)15(3)10(2)6-7-14/h4-5,8,10H,6H2,1-3H3. The Hall–Kier alpha value is -0.900. The van der Waals surface area contributed by atoms with Gasteiger partial charge in [-0.3, -0.25) is 0 Å². The number of aryl methyl sites for hydroxylation is 1. The molecule has 0 spiro atoms. The average Bonchev–Trinajstić information content (AvgIpc) is 2.27. The highest BCUT2D eigenvalue weighted by Gasteiger charge is 2.26. The first-order valence-electron chi connectivity index (χ1n) is 5.42. The fourth-order valence-electron chi connectivity index (χ4n) is 1.55. The van der Waals surface area contributed by atoms with Crippen molar-refractivity contribution in [1.29, 1.82) is 5.26 Å². The van der Waals surface area contributed by atoms with Gasteiger partial charge in [0.15, 0.2) is 0 Å². The lowest BCUT2D eigenvalue weighted by Gasteiger charge is -2.23. The van der Waals surface area contributed by atoms with E-state index >= 15 is 0 Å². The molecule has 0 N–H and O–H groups in total. The maximum Gasteiger partial charge on any atom is 0.243 e. The van der Waals surface area contributed by atoms with Crippen LogP contribution >= 0.6 is 15.9 Å². The fourth-order valence-corrected chi connectivity index (χ4v) is 3.59. The maximum absolute atomic E-state index is 12.4. The Kier molecular flexibility index (Phi) is 4.91. The van der Waals surface area contributed by atoms with E-state index in [1.54, 1.807) is 32.0 Å². The van der Waals surface area contributed by atoms with E-state index in [0.717, 1.165) is 4.47 Å². The minimum atomic E-state index is -3.55. The van der Waals surface area contributed by atoms with Crippen LogP contribution in [0.3, 0.4) is 0 Å². The van der Waals surface area contributed by atoms with Crippen molar-refractivity contribution in [3.63, 3.8) is 0 Å². The van der Waals surface area contributed by atoms with E-state index in [-0.39, 0.29) is 17.4 Å². The zero-order valence-corrected chi connectivity index (χ0v) is 12.9. The van der Waals surface area contributed by atoms with E-state index < -0.39 is 10.0 Å². The summed E-state index contributed by atoms with van der Waals surface area (Å²) in [5, 5.41) is 8.64. The van der Waals surface area contributed by atoms with Crippen molar-refractivity contribution >= 4 is 26.0 Å². The van der Waals surface area contributed by atoms with E-state index in [9.17, 15) is 8.42 Å². The third kappa shape index (κ3) is 3.10. The molecular formula is C12H15BrN2O2S. The fraction of sp³-hybridized carbons (Fsp3) is 0.417. The molecule has 18 heavy (non-hydrogen) atoms.